The van der Waals surface area contributed by atoms with Crippen LogP contribution in [0.25, 0.3) is 0 Å². The Labute approximate surface area is 127 Å². The molecule has 5 nitrogen and oxygen atoms in total. The van der Waals surface area contributed by atoms with Crippen LogP contribution in [0.1, 0.15) is 33.3 Å². The van der Waals surface area contributed by atoms with Crippen LogP contribution in [0, 0.1) is 0 Å². The van der Waals surface area contributed by atoms with Crippen molar-refractivity contribution in [3.8, 4) is 0 Å². The molecule has 0 saturated carbocycles. The number of ether oxygens (including phenoxy) is 1. The zero-order valence-electron chi connectivity index (χ0n) is 13.2. The van der Waals surface area contributed by atoms with Gasteiger partial charge >= 0.3 is 5.97 Å². The van der Waals surface area contributed by atoms with E-state index in [1.807, 2.05) is 0 Å². The zero-order chi connectivity index (χ0) is 16.3. The molecular formula is C15H23NO4S. The molecule has 0 aromatic heterocycles. The second kappa shape index (κ2) is 6.58. The average molecular weight is 313 g/mol. The summed E-state index contributed by atoms with van der Waals surface area (Å²) < 4.78 is 30.5. The summed E-state index contributed by atoms with van der Waals surface area (Å²) in [5.41, 5.74) is 1.01. The second-order valence-electron chi connectivity index (χ2n) is 5.84. The lowest BCUT2D eigenvalue weighted by Crippen LogP contribution is -2.33. The monoisotopic (exact) mass is 313 g/mol. The Kier molecular flexibility index (Phi) is 5.53. The molecule has 6 heteroatoms. The topological polar surface area (TPSA) is 63.7 Å². The first-order valence-electron chi connectivity index (χ1n) is 6.81. The Hall–Kier alpha value is -1.40. The molecule has 0 unspecified atom stereocenters. The fraction of sp³-hybridized carbons (Fsp3) is 0.533. The van der Waals surface area contributed by atoms with Crippen LogP contribution in [0.15, 0.2) is 29.2 Å². The highest BCUT2D eigenvalue weighted by Crippen LogP contribution is 2.24. The summed E-state index contributed by atoms with van der Waals surface area (Å²) in [6, 6.07) is 6.73. The van der Waals surface area contributed by atoms with Gasteiger partial charge in [0, 0.05) is 7.05 Å². The predicted molar refractivity (Wildman–Crippen MR) is 81.6 cm³/mol. The molecule has 0 atom stereocenters. The molecule has 0 heterocycles. The number of hydrogen-bond acceptors (Lipinski definition) is 4. The normalized spacial score (nSPS) is 12.5. The lowest BCUT2D eigenvalue weighted by molar-refractivity contribution is -0.143. The molecule has 0 saturated heterocycles. The van der Waals surface area contributed by atoms with Gasteiger partial charge in [0.2, 0.25) is 10.0 Å². The number of hydrogen-bond donors (Lipinski definition) is 0. The van der Waals surface area contributed by atoms with Gasteiger partial charge in [-0.15, -0.1) is 0 Å². The third kappa shape index (κ3) is 4.54. The van der Waals surface area contributed by atoms with Crippen molar-refractivity contribution in [3.05, 3.63) is 29.8 Å². The molecule has 0 aliphatic heterocycles. The van der Waals surface area contributed by atoms with Crippen LogP contribution in [0.4, 0.5) is 0 Å². The van der Waals surface area contributed by atoms with E-state index in [9.17, 15) is 13.2 Å². The molecule has 0 amide bonds. The van der Waals surface area contributed by atoms with Gasteiger partial charge in [-0.3, -0.25) is 4.79 Å². The largest absolute Gasteiger partial charge is 0.465 e. The quantitative estimate of drug-likeness (QED) is 0.782. The lowest BCUT2D eigenvalue weighted by Gasteiger charge is -2.20. The van der Waals surface area contributed by atoms with Gasteiger partial charge < -0.3 is 4.74 Å². The van der Waals surface area contributed by atoms with Gasteiger partial charge in [0.15, 0.2) is 0 Å². The molecule has 118 valence electrons. The smallest absolute Gasteiger partial charge is 0.321 e. The summed E-state index contributed by atoms with van der Waals surface area (Å²) in [5.74, 6) is -0.560. The van der Waals surface area contributed by atoms with Gasteiger partial charge in [-0.1, -0.05) is 32.9 Å². The van der Waals surface area contributed by atoms with Crippen LogP contribution in [0.5, 0.6) is 0 Å². The highest BCUT2D eigenvalue weighted by Gasteiger charge is 2.24. The fourth-order valence-corrected chi connectivity index (χ4v) is 2.90. The Balaban J connectivity index is 2.95. The van der Waals surface area contributed by atoms with Gasteiger partial charge in [0.25, 0.3) is 0 Å². The first kappa shape index (κ1) is 17.7. The number of rotatable bonds is 5. The van der Waals surface area contributed by atoms with Gasteiger partial charge in [-0.25, -0.2) is 8.42 Å². The first-order chi connectivity index (χ1) is 9.59. The highest BCUT2D eigenvalue weighted by molar-refractivity contribution is 7.89. The van der Waals surface area contributed by atoms with E-state index >= 15 is 0 Å². The van der Waals surface area contributed by atoms with Crippen LogP contribution in [0.3, 0.4) is 0 Å². The average Bonchev–Trinajstić information content (AvgIpc) is 2.38. The minimum atomic E-state index is -3.68. The second-order valence-corrected chi connectivity index (χ2v) is 7.89. The number of esters is 1. The molecule has 0 aliphatic carbocycles. The third-order valence-electron chi connectivity index (χ3n) is 3.09. The Bertz CT molecular complexity index is 585. The van der Waals surface area contributed by atoms with E-state index in [1.165, 1.54) is 7.05 Å². The van der Waals surface area contributed by atoms with Crippen molar-refractivity contribution in [2.75, 3.05) is 20.2 Å². The maximum absolute atomic E-state index is 12.4. The highest BCUT2D eigenvalue weighted by atomic mass is 32.2. The van der Waals surface area contributed by atoms with E-state index in [2.05, 4.69) is 20.8 Å². The minimum Gasteiger partial charge on any atom is -0.465 e. The number of nitrogens with zero attached hydrogens (tertiary/aromatic N) is 1. The van der Waals surface area contributed by atoms with Crippen LogP contribution in [-0.4, -0.2) is 38.9 Å². The van der Waals surface area contributed by atoms with Crippen LogP contribution < -0.4 is 0 Å². The molecule has 1 aromatic carbocycles. The Morgan fingerprint density at radius 3 is 2.14 bits per heavy atom. The van der Waals surface area contributed by atoms with Crippen LogP contribution in [-0.2, 0) is 25.0 Å². The molecule has 0 spiro atoms. The fourth-order valence-electron chi connectivity index (χ4n) is 1.78. The van der Waals surface area contributed by atoms with Crippen LogP contribution in [0.2, 0.25) is 0 Å². The van der Waals surface area contributed by atoms with Crippen molar-refractivity contribution in [1.82, 2.24) is 4.31 Å². The predicted octanol–water partition coefficient (Wildman–Crippen LogP) is 2.17. The van der Waals surface area contributed by atoms with E-state index in [1.54, 1.807) is 31.2 Å². The lowest BCUT2D eigenvalue weighted by atomic mass is 9.87. The summed E-state index contributed by atoms with van der Waals surface area (Å²) in [6.07, 6.45) is 0. The van der Waals surface area contributed by atoms with Gasteiger partial charge in [-0.05, 0) is 30.0 Å². The maximum atomic E-state index is 12.4. The van der Waals surface area contributed by atoms with Gasteiger partial charge in [0.1, 0.15) is 6.54 Å². The van der Waals surface area contributed by atoms with Crippen molar-refractivity contribution in [3.63, 3.8) is 0 Å². The SMILES string of the molecule is CCOC(=O)CN(C)S(=O)(=O)c1ccc(C(C)(C)C)cc1. The number of sulfonamides is 1. The van der Waals surface area contributed by atoms with E-state index in [4.69, 9.17) is 4.74 Å². The molecule has 0 N–H and O–H groups in total. The molecule has 0 fully saturated rings. The molecule has 0 bridgehead atoms. The zero-order valence-corrected chi connectivity index (χ0v) is 14.0. The summed E-state index contributed by atoms with van der Waals surface area (Å²) in [4.78, 5) is 11.6. The number of carbonyl (C=O) groups is 1. The third-order valence-corrected chi connectivity index (χ3v) is 4.90. The van der Waals surface area contributed by atoms with Crippen molar-refractivity contribution in [2.24, 2.45) is 0 Å². The standard InChI is InChI=1S/C15H23NO4S/c1-6-20-14(17)11-16(5)21(18,19)13-9-7-12(8-10-13)15(2,3)4/h7-10H,6,11H2,1-5H3. The number of benzene rings is 1. The number of carbonyl (C=O) groups excluding carboxylic acids is 1. The molecule has 1 aromatic rings. The summed E-state index contributed by atoms with van der Waals surface area (Å²) >= 11 is 0. The van der Waals surface area contributed by atoms with Gasteiger partial charge in [-0.2, -0.15) is 4.31 Å². The van der Waals surface area contributed by atoms with E-state index in [0.717, 1.165) is 9.87 Å². The van der Waals surface area contributed by atoms with Crippen LogP contribution >= 0.6 is 0 Å². The molecular weight excluding hydrogens is 290 g/mol. The number of likely N-dealkylation sites (N-methyl/N-ethyl adjacent to an activating group) is 1. The maximum Gasteiger partial charge on any atom is 0.321 e. The summed E-state index contributed by atoms with van der Waals surface area (Å²) in [5, 5.41) is 0. The molecule has 0 aliphatic rings. The molecule has 21 heavy (non-hydrogen) atoms. The van der Waals surface area contributed by atoms with Crippen molar-refractivity contribution < 1.29 is 17.9 Å². The molecule has 0 radical (unpaired) electrons. The van der Waals surface area contributed by atoms with E-state index < -0.39 is 16.0 Å². The Morgan fingerprint density at radius 2 is 1.71 bits per heavy atom. The minimum absolute atomic E-state index is 0.0425. The Morgan fingerprint density at radius 1 is 1.19 bits per heavy atom. The summed E-state index contributed by atoms with van der Waals surface area (Å²) in [6.45, 7) is 7.79. The van der Waals surface area contributed by atoms with E-state index in [0.29, 0.717) is 0 Å². The van der Waals surface area contributed by atoms with Gasteiger partial charge in [0.05, 0.1) is 11.5 Å². The first-order valence-corrected chi connectivity index (χ1v) is 8.25. The van der Waals surface area contributed by atoms with Crippen molar-refractivity contribution in [1.29, 1.82) is 0 Å². The molecule has 1 rings (SSSR count). The van der Waals surface area contributed by atoms with E-state index in [-0.39, 0.29) is 23.5 Å². The van der Waals surface area contributed by atoms with Crippen molar-refractivity contribution >= 4 is 16.0 Å². The van der Waals surface area contributed by atoms with Crippen molar-refractivity contribution in [2.45, 2.75) is 38.0 Å². The summed E-state index contributed by atoms with van der Waals surface area (Å²) in [7, 11) is -2.32.